The molecule has 0 saturated carbocycles. The van der Waals surface area contributed by atoms with Crippen LogP contribution in [0.4, 0.5) is 4.39 Å². The summed E-state index contributed by atoms with van der Waals surface area (Å²) in [5.74, 6) is 0.228. The van der Waals surface area contributed by atoms with Crippen LogP contribution in [0.15, 0.2) is 60.7 Å². The highest BCUT2D eigenvalue weighted by Gasteiger charge is 2.10. The molecule has 0 aliphatic carbocycles. The molecule has 0 heterocycles. The smallest absolute Gasteiger partial charge is 0.156 e. The maximum Gasteiger partial charge on any atom is 0.156 e. The molecule has 0 aromatic heterocycles. The fourth-order valence-electron chi connectivity index (χ4n) is 2.12. The number of carbonyl (C=O) groups is 1. The van der Waals surface area contributed by atoms with E-state index < -0.39 is 5.82 Å². The lowest BCUT2D eigenvalue weighted by Gasteiger charge is -2.10. The SMILES string of the molecule is O=Cc1c(F)cccc1Oc1cccc2ccccc12. The first-order valence-corrected chi connectivity index (χ1v) is 6.19. The summed E-state index contributed by atoms with van der Waals surface area (Å²) in [7, 11) is 0. The van der Waals surface area contributed by atoms with Gasteiger partial charge in [-0.2, -0.15) is 0 Å². The molecule has 0 spiro atoms. The minimum absolute atomic E-state index is 0.0690. The molecule has 0 unspecified atom stereocenters. The molecule has 2 nitrogen and oxygen atoms in total. The first kappa shape index (κ1) is 12.4. The third-order valence-corrected chi connectivity index (χ3v) is 3.10. The van der Waals surface area contributed by atoms with Crippen LogP contribution >= 0.6 is 0 Å². The summed E-state index contributed by atoms with van der Waals surface area (Å²) in [4.78, 5) is 11.0. The van der Waals surface area contributed by atoms with Crippen molar-refractivity contribution in [3.63, 3.8) is 0 Å². The summed E-state index contributed by atoms with van der Waals surface area (Å²) >= 11 is 0. The van der Waals surface area contributed by atoms with E-state index in [0.717, 1.165) is 10.8 Å². The van der Waals surface area contributed by atoms with E-state index in [1.165, 1.54) is 12.1 Å². The van der Waals surface area contributed by atoms with E-state index in [1.54, 1.807) is 12.1 Å². The molecule has 3 rings (SSSR count). The van der Waals surface area contributed by atoms with Crippen molar-refractivity contribution < 1.29 is 13.9 Å². The molecule has 98 valence electrons. The summed E-state index contributed by atoms with van der Waals surface area (Å²) in [6.45, 7) is 0. The molecule has 3 aromatic carbocycles. The number of aldehydes is 1. The summed E-state index contributed by atoms with van der Waals surface area (Å²) in [5.41, 5.74) is -0.0690. The van der Waals surface area contributed by atoms with Crippen LogP contribution < -0.4 is 4.74 Å². The zero-order valence-corrected chi connectivity index (χ0v) is 10.5. The van der Waals surface area contributed by atoms with Gasteiger partial charge in [0, 0.05) is 5.39 Å². The molecule has 0 saturated heterocycles. The lowest BCUT2D eigenvalue weighted by molar-refractivity contribution is 0.111. The standard InChI is InChI=1S/C17H11FO2/c18-15-8-4-10-17(14(15)11-19)20-16-9-3-6-12-5-1-2-7-13(12)16/h1-11H. The number of hydrogen-bond donors (Lipinski definition) is 0. The Morgan fingerprint density at radius 2 is 1.55 bits per heavy atom. The van der Waals surface area contributed by atoms with E-state index in [2.05, 4.69) is 0 Å². The second-order valence-corrected chi connectivity index (χ2v) is 4.35. The maximum atomic E-state index is 13.6. The fourth-order valence-corrected chi connectivity index (χ4v) is 2.12. The summed E-state index contributed by atoms with van der Waals surface area (Å²) in [5, 5.41) is 1.94. The van der Waals surface area contributed by atoms with Gasteiger partial charge in [0.2, 0.25) is 0 Å². The number of carbonyl (C=O) groups excluding carboxylic acids is 1. The van der Waals surface area contributed by atoms with Gasteiger partial charge < -0.3 is 4.74 Å². The maximum absolute atomic E-state index is 13.6. The monoisotopic (exact) mass is 266 g/mol. The Kier molecular flexibility index (Phi) is 3.17. The first-order chi connectivity index (χ1) is 9.79. The molecule has 0 fully saturated rings. The van der Waals surface area contributed by atoms with Gasteiger partial charge >= 0.3 is 0 Å². The molecule has 3 aromatic rings. The third-order valence-electron chi connectivity index (χ3n) is 3.10. The van der Waals surface area contributed by atoms with Gasteiger partial charge in [-0.3, -0.25) is 4.79 Å². The molecule has 0 aliphatic rings. The fraction of sp³-hybridized carbons (Fsp3) is 0. The minimum Gasteiger partial charge on any atom is -0.456 e. The van der Waals surface area contributed by atoms with Crippen molar-refractivity contribution in [2.75, 3.05) is 0 Å². The normalized spacial score (nSPS) is 10.4. The molecule has 0 N–H and O–H groups in total. The lowest BCUT2D eigenvalue weighted by atomic mass is 10.1. The van der Waals surface area contributed by atoms with Gasteiger partial charge in [-0.1, -0.05) is 42.5 Å². The van der Waals surface area contributed by atoms with Crippen LogP contribution in [0.5, 0.6) is 11.5 Å². The number of hydrogen-bond acceptors (Lipinski definition) is 2. The van der Waals surface area contributed by atoms with Gasteiger partial charge in [-0.25, -0.2) is 4.39 Å². The lowest BCUT2D eigenvalue weighted by Crippen LogP contribution is -1.94. The van der Waals surface area contributed by atoms with Gasteiger partial charge in [-0.05, 0) is 23.6 Å². The largest absolute Gasteiger partial charge is 0.456 e. The molecule has 3 heteroatoms. The molecule has 0 amide bonds. The summed E-state index contributed by atoms with van der Waals surface area (Å²) in [6, 6.07) is 17.7. The zero-order chi connectivity index (χ0) is 13.9. The molecule has 0 bridgehead atoms. The topological polar surface area (TPSA) is 26.3 Å². The predicted octanol–water partition coefficient (Wildman–Crippen LogP) is 4.58. The Bertz CT molecular complexity index is 776. The van der Waals surface area contributed by atoms with E-state index in [1.807, 2.05) is 36.4 Å². The molecule has 0 radical (unpaired) electrons. The van der Waals surface area contributed by atoms with E-state index in [9.17, 15) is 9.18 Å². The molecule has 0 atom stereocenters. The van der Waals surface area contributed by atoms with Gasteiger partial charge in [0.15, 0.2) is 6.29 Å². The van der Waals surface area contributed by atoms with Gasteiger partial charge in [0.05, 0.1) is 5.56 Å². The number of benzene rings is 3. The van der Waals surface area contributed by atoms with Crippen LogP contribution in [-0.4, -0.2) is 6.29 Å². The second-order valence-electron chi connectivity index (χ2n) is 4.35. The van der Waals surface area contributed by atoms with E-state index in [0.29, 0.717) is 12.0 Å². The average Bonchev–Trinajstić information content (AvgIpc) is 2.48. The summed E-state index contributed by atoms with van der Waals surface area (Å²) in [6.07, 6.45) is 0.468. The highest BCUT2D eigenvalue weighted by molar-refractivity contribution is 5.89. The highest BCUT2D eigenvalue weighted by atomic mass is 19.1. The van der Waals surface area contributed by atoms with Crippen molar-refractivity contribution in [3.8, 4) is 11.5 Å². The van der Waals surface area contributed by atoms with Crippen LogP contribution in [0.25, 0.3) is 10.8 Å². The van der Waals surface area contributed by atoms with Gasteiger partial charge in [-0.15, -0.1) is 0 Å². The first-order valence-electron chi connectivity index (χ1n) is 6.19. The van der Waals surface area contributed by atoms with Gasteiger partial charge in [0.25, 0.3) is 0 Å². The Hall–Kier alpha value is -2.68. The van der Waals surface area contributed by atoms with Crippen LogP contribution in [0.3, 0.4) is 0 Å². The van der Waals surface area contributed by atoms with Crippen molar-refractivity contribution in [1.82, 2.24) is 0 Å². The Labute approximate surface area is 115 Å². The Morgan fingerprint density at radius 1 is 0.850 bits per heavy atom. The minimum atomic E-state index is -0.585. The van der Waals surface area contributed by atoms with Crippen molar-refractivity contribution in [2.24, 2.45) is 0 Å². The number of halogens is 1. The predicted molar refractivity (Wildman–Crippen MR) is 75.8 cm³/mol. The van der Waals surface area contributed by atoms with Crippen LogP contribution in [0.2, 0.25) is 0 Å². The molecule has 20 heavy (non-hydrogen) atoms. The highest BCUT2D eigenvalue weighted by Crippen LogP contribution is 2.31. The number of ether oxygens (including phenoxy) is 1. The summed E-state index contributed by atoms with van der Waals surface area (Å²) < 4.78 is 19.3. The third kappa shape index (κ3) is 2.14. The Balaban J connectivity index is 2.10. The van der Waals surface area contributed by atoms with Crippen molar-refractivity contribution >= 4 is 17.1 Å². The molecular weight excluding hydrogens is 255 g/mol. The second kappa shape index (κ2) is 5.13. The zero-order valence-electron chi connectivity index (χ0n) is 10.5. The average molecular weight is 266 g/mol. The van der Waals surface area contributed by atoms with Crippen molar-refractivity contribution in [2.45, 2.75) is 0 Å². The van der Waals surface area contributed by atoms with Crippen molar-refractivity contribution in [1.29, 1.82) is 0 Å². The van der Waals surface area contributed by atoms with Crippen LogP contribution in [-0.2, 0) is 0 Å². The van der Waals surface area contributed by atoms with Crippen LogP contribution in [0.1, 0.15) is 10.4 Å². The molecular formula is C17H11FO2. The van der Waals surface area contributed by atoms with Crippen molar-refractivity contribution in [3.05, 3.63) is 72.0 Å². The number of rotatable bonds is 3. The van der Waals surface area contributed by atoms with Gasteiger partial charge in [0.1, 0.15) is 17.3 Å². The van der Waals surface area contributed by atoms with E-state index in [4.69, 9.17) is 4.74 Å². The van der Waals surface area contributed by atoms with Crippen LogP contribution in [0, 0.1) is 5.82 Å². The quantitative estimate of drug-likeness (QED) is 0.648. The van der Waals surface area contributed by atoms with E-state index in [-0.39, 0.29) is 11.3 Å². The van der Waals surface area contributed by atoms with E-state index >= 15 is 0 Å². The molecule has 0 aliphatic heterocycles. The number of fused-ring (bicyclic) bond motifs is 1. The Morgan fingerprint density at radius 3 is 2.40 bits per heavy atom.